The van der Waals surface area contributed by atoms with Crippen LogP contribution in [-0.2, 0) is 6.54 Å². The van der Waals surface area contributed by atoms with Crippen molar-refractivity contribution < 1.29 is 0 Å². The number of H-pyrrole nitrogens is 1. The Bertz CT molecular complexity index is 487. The Morgan fingerprint density at radius 3 is 3.00 bits per heavy atom. The average Bonchev–Trinajstić information content (AvgIpc) is 2.41. The molecule has 0 aromatic carbocycles. The Morgan fingerprint density at radius 2 is 2.25 bits per heavy atom. The first-order valence-corrected chi connectivity index (χ1v) is 7.29. The Morgan fingerprint density at radius 1 is 1.45 bits per heavy atom. The lowest BCUT2D eigenvalue weighted by Gasteiger charge is -2.36. The molecular weight excluding hydrogens is 254 g/mol. The molecule has 1 aromatic rings. The Labute approximate surface area is 120 Å². The molecule has 0 spiro atoms. The van der Waals surface area contributed by atoms with E-state index < -0.39 is 0 Å². The minimum absolute atomic E-state index is 0.0649. The number of rotatable bonds is 5. The summed E-state index contributed by atoms with van der Waals surface area (Å²) in [4.78, 5) is 23.9. The van der Waals surface area contributed by atoms with Crippen molar-refractivity contribution in [2.75, 3.05) is 40.3 Å². The molecule has 0 bridgehead atoms. The van der Waals surface area contributed by atoms with Gasteiger partial charge in [-0.05, 0) is 27.1 Å². The number of piperazine rings is 1. The first kappa shape index (κ1) is 15.2. The van der Waals surface area contributed by atoms with Crippen molar-refractivity contribution in [3.05, 3.63) is 27.9 Å². The third-order valence-corrected chi connectivity index (χ3v) is 3.71. The van der Waals surface area contributed by atoms with Crippen LogP contribution in [0.2, 0.25) is 0 Å². The lowest BCUT2D eigenvalue weighted by atomic mass is 10.1. The first-order valence-electron chi connectivity index (χ1n) is 7.29. The fourth-order valence-corrected chi connectivity index (χ4v) is 2.48. The minimum Gasteiger partial charge on any atom is -0.311 e. The van der Waals surface area contributed by atoms with Gasteiger partial charge in [0.2, 0.25) is 0 Å². The summed E-state index contributed by atoms with van der Waals surface area (Å²) in [5, 5.41) is 3.29. The van der Waals surface area contributed by atoms with Crippen LogP contribution in [0.5, 0.6) is 0 Å². The number of hydrogen-bond donors (Lipinski definition) is 2. The van der Waals surface area contributed by atoms with Crippen LogP contribution in [0.4, 0.5) is 0 Å². The normalized spacial score (nSPS) is 21.2. The van der Waals surface area contributed by atoms with Gasteiger partial charge < -0.3 is 15.2 Å². The van der Waals surface area contributed by atoms with Gasteiger partial charge in [0, 0.05) is 32.2 Å². The number of nitrogens with one attached hydrogen (secondary N) is 2. The van der Waals surface area contributed by atoms with E-state index in [9.17, 15) is 4.79 Å². The zero-order valence-corrected chi connectivity index (χ0v) is 12.6. The summed E-state index contributed by atoms with van der Waals surface area (Å²) in [5.74, 6) is 0.778. The van der Waals surface area contributed by atoms with E-state index >= 15 is 0 Å². The average molecular weight is 279 g/mol. The van der Waals surface area contributed by atoms with Gasteiger partial charge in [-0.25, -0.2) is 4.98 Å². The van der Waals surface area contributed by atoms with Gasteiger partial charge in [-0.1, -0.05) is 6.92 Å². The highest BCUT2D eigenvalue weighted by atomic mass is 16.1. The van der Waals surface area contributed by atoms with Gasteiger partial charge in [0.05, 0.1) is 11.7 Å². The predicted molar refractivity (Wildman–Crippen MR) is 79.7 cm³/mol. The van der Waals surface area contributed by atoms with E-state index in [4.69, 9.17) is 0 Å². The van der Waals surface area contributed by atoms with Crippen molar-refractivity contribution in [1.82, 2.24) is 25.1 Å². The number of aromatic nitrogens is 2. The zero-order valence-electron chi connectivity index (χ0n) is 12.6. The topological polar surface area (TPSA) is 64.3 Å². The van der Waals surface area contributed by atoms with E-state index in [1.807, 2.05) is 0 Å². The van der Waals surface area contributed by atoms with Gasteiger partial charge in [-0.3, -0.25) is 9.69 Å². The lowest BCUT2D eigenvalue weighted by Crippen LogP contribution is -2.45. The largest absolute Gasteiger partial charge is 0.311 e. The van der Waals surface area contributed by atoms with Gasteiger partial charge in [0.1, 0.15) is 5.82 Å². The van der Waals surface area contributed by atoms with E-state index in [0.717, 1.165) is 44.1 Å². The molecule has 0 amide bonds. The summed E-state index contributed by atoms with van der Waals surface area (Å²) in [5.41, 5.74) is 0.753. The van der Waals surface area contributed by atoms with Crippen LogP contribution < -0.4 is 10.9 Å². The molecule has 1 atom stereocenters. The van der Waals surface area contributed by atoms with E-state index in [2.05, 4.69) is 46.1 Å². The molecule has 1 aromatic heterocycles. The van der Waals surface area contributed by atoms with Crippen LogP contribution in [0.25, 0.3) is 0 Å². The summed E-state index contributed by atoms with van der Waals surface area (Å²) in [6.45, 7) is 6.65. The minimum atomic E-state index is -0.0649. The van der Waals surface area contributed by atoms with E-state index in [0.29, 0.717) is 6.54 Å². The maximum absolute atomic E-state index is 11.8. The monoisotopic (exact) mass is 279 g/mol. The van der Waals surface area contributed by atoms with E-state index in [1.165, 1.54) is 0 Å². The molecule has 20 heavy (non-hydrogen) atoms. The molecule has 1 unspecified atom stereocenters. The maximum Gasteiger partial charge on any atom is 0.251 e. The first-order chi connectivity index (χ1) is 9.60. The molecule has 1 aliphatic rings. The third kappa shape index (κ3) is 3.88. The fourth-order valence-electron chi connectivity index (χ4n) is 2.48. The third-order valence-electron chi connectivity index (χ3n) is 3.71. The van der Waals surface area contributed by atoms with Crippen LogP contribution in [-0.4, -0.2) is 60.0 Å². The van der Waals surface area contributed by atoms with Crippen molar-refractivity contribution in [3.8, 4) is 0 Å². The van der Waals surface area contributed by atoms with Crippen LogP contribution in [0.1, 0.15) is 30.9 Å². The molecule has 1 saturated heterocycles. The summed E-state index contributed by atoms with van der Waals surface area (Å²) in [6, 6.07) is 1.74. The Kier molecular flexibility index (Phi) is 5.28. The summed E-state index contributed by atoms with van der Waals surface area (Å²) < 4.78 is 0. The molecule has 6 nitrogen and oxygen atoms in total. The van der Waals surface area contributed by atoms with Crippen molar-refractivity contribution in [2.45, 2.75) is 25.9 Å². The lowest BCUT2D eigenvalue weighted by molar-refractivity contribution is 0.109. The molecule has 112 valence electrons. The predicted octanol–water partition coefficient (Wildman–Crippen LogP) is 0.188. The number of likely N-dealkylation sites (N-methyl/N-ethyl adjacent to an activating group) is 2. The Balaban J connectivity index is 2.16. The second-order valence-corrected chi connectivity index (χ2v) is 5.56. The molecule has 0 radical (unpaired) electrons. The van der Waals surface area contributed by atoms with Crippen molar-refractivity contribution >= 4 is 0 Å². The maximum atomic E-state index is 11.8. The summed E-state index contributed by atoms with van der Waals surface area (Å²) in [6.07, 6.45) is 1.08. The van der Waals surface area contributed by atoms with Crippen LogP contribution in [0.3, 0.4) is 0 Å². The quantitative estimate of drug-likeness (QED) is 0.753. The zero-order chi connectivity index (χ0) is 14.5. The van der Waals surface area contributed by atoms with Crippen molar-refractivity contribution in [1.29, 1.82) is 0 Å². The summed E-state index contributed by atoms with van der Waals surface area (Å²) in [7, 11) is 4.18. The highest BCUT2D eigenvalue weighted by molar-refractivity contribution is 5.07. The highest BCUT2D eigenvalue weighted by Gasteiger charge is 2.25. The second-order valence-electron chi connectivity index (χ2n) is 5.56. The van der Waals surface area contributed by atoms with Crippen LogP contribution >= 0.6 is 0 Å². The molecule has 2 heterocycles. The molecule has 1 aliphatic heterocycles. The molecule has 2 rings (SSSR count). The number of nitrogens with zero attached hydrogens (tertiary/aromatic N) is 3. The smallest absolute Gasteiger partial charge is 0.251 e. The van der Waals surface area contributed by atoms with Gasteiger partial charge >= 0.3 is 0 Å². The highest BCUT2D eigenvalue weighted by Crippen LogP contribution is 2.19. The van der Waals surface area contributed by atoms with Gasteiger partial charge in [-0.15, -0.1) is 0 Å². The van der Waals surface area contributed by atoms with Crippen LogP contribution in [0, 0.1) is 0 Å². The molecule has 6 heteroatoms. The standard InChI is InChI=1S/C14H25N5O/c1-4-5-15-9-11-8-13(20)17-14(16-11)12-10-18(2)6-7-19(12)3/h8,12,15H,4-7,9-10H2,1-3H3,(H,16,17,20). The number of aromatic amines is 1. The molecule has 1 fully saturated rings. The molecule has 0 aliphatic carbocycles. The van der Waals surface area contributed by atoms with E-state index in [-0.39, 0.29) is 11.6 Å². The summed E-state index contributed by atoms with van der Waals surface area (Å²) >= 11 is 0. The van der Waals surface area contributed by atoms with Gasteiger partial charge in [0.25, 0.3) is 5.56 Å². The molecular formula is C14H25N5O. The second kappa shape index (κ2) is 6.97. The molecule has 0 saturated carbocycles. The molecule has 2 N–H and O–H groups in total. The van der Waals surface area contributed by atoms with Crippen molar-refractivity contribution in [2.24, 2.45) is 0 Å². The van der Waals surface area contributed by atoms with Crippen molar-refractivity contribution in [3.63, 3.8) is 0 Å². The number of hydrogen-bond acceptors (Lipinski definition) is 5. The fraction of sp³-hybridized carbons (Fsp3) is 0.714. The van der Waals surface area contributed by atoms with Gasteiger partial charge in [-0.2, -0.15) is 0 Å². The Hall–Kier alpha value is -1.24. The SMILES string of the molecule is CCCNCc1cc(=O)[nH]c(C2CN(C)CCN2C)n1. The van der Waals surface area contributed by atoms with Gasteiger partial charge in [0.15, 0.2) is 0 Å². The van der Waals surface area contributed by atoms with Crippen LogP contribution in [0.15, 0.2) is 10.9 Å². The van der Waals surface area contributed by atoms with E-state index in [1.54, 1.807) is 6.07 Å².